The van der Waals surface area contributed by atoms with E-state index >= 15 is 0 Å². The minimum Gasteiger partial charge on any atom is -0.454 e. The quantitative estimate of drug-likeness (QED) is 0.734. The number of rotatable bonds is 7. The smallest absolute Gasteiger partial charge is 0.325 e. The number of esters is 1. The maximum atomic E-state index is 12.9. The largest absolute Gasteiger partial charge is 0.454 e. The lowest BCUT2D eigenvalue weighted by Gasteiger charge is -2.17. The first-order valence-corrected chi connectivity index (χ1v) is 8.41. The molecule has 0 aliphatic carbocycles. The Kier molecular flexibility index (Phi) is 7.31. The van der Waals surface area contributed by atoms with Crippen molar-refractivity contribution in [2.45, 2.75) is 6.54 Å². The zero-order chi connectivity index (χ0) is 19.8. The van der Waals surface area contributed by atoms with Gasteiger partial charge in [0.2, 0.25) is 0 Å². The van der Waals surface area contributed by atoms with E-state index in [1.54, 1.807) is 31.3 Å². The molecule has 0 radical (unpaired) electrons. The fourth-order valence-corrected chi connectivity index (χ4v) is 2.24. The molecule has 2 rings (SSSR count). The summed E-state index contributed by atoms with van der Waals surface area (Å²) in [6, 6.07) is 11.9. The fraction of sp³-hybridized carbons (Fsp3) is 0.211. The van der Waals surface area contributed by atoms with Crippen LogP contribution in [0, 0.1) is 5.82 Å². The van der Waals surface area contributed by atoms with Crippen molar-refractivity contribution in [3.05, 3.63) is 70.5 Å². The first-order valence-electron chi connectivity index (χ1n) is 8.03. The molecule has 6 nitrogen and oxygen atoms in total. The molecule has 0 aromatic heterocycles. The van der Waals surface area contributed by atoms with Crippen molar-refractivity contribution in [2.24, 2.45) is 0 Å². The number of halogens is 2. The molecular weight excluding hydrogens is 375 g/mol. The summed E-state index contributed by atoms with van der Waals surface area (Å²) in [7, 11) is 1.54. The predicted molar refractivity (Wildman–Crippen MR) is 97.6 cm³/mol. The lowest BCUT2D eigenvalue weighted by molar-refractivity contribution is -0.150. The van der Waals surface area contributed by atoms with E-state index in [4.69, 9.17) is 16.3 Å². The monoisotopic (exact) mass is 392 g/mol. The highest BCUT2D eigenvalue weighted by Crippen LogP contribution is 2.09. The number of likely N-dealkylation sites (N-methyl/N-ethyl adjacent to an activating group) is 1. The van der Waals surface area contributed by atoms with Crippen molar-refractivity contribution >= 4 is 29.4 Å². The fourth-order valence-electron chi connectivity index (χ4n) is 2.11. The SMILES string of the molecule is CN(Cc1ccc(F)cc1)C(=O)COC(=O)CNC(=O)c1ccc(Cl)cc1. The summed E-state index contributed by atoms with van der Waals surface area (Å²) in [6.45, 7) is -0.562. The molecule has 27 heavy (non-hydrogen) atoms. The maximum absolute atomic E-state index is 12.9. The van der Waals surface area contributed by atoms with Crippen molar-refractivity contribution in [1.82, 2.24) is 10.2 Å². The normalized spacial score (nSPS) is 10.2. The van der Waals surface area contributed by atoms with Gasteiger partial charge in [0.05, 0.1) is 0 Å². The zero-order valence-electron chi connectivity index (χ0n) is 14.6. The van der Waals surface area contributed by atoms with E-state index < -0.39 is 24.4 Å². The number of ether oxygens (including phenoxy) is 1. The molecule has 8 heteroatoms. The van der Waals surface area contributed by atoms with Gasteiger partial charge in [-0.05, 0) is 42.0 Å². The highest BCUT2D eigenvalue weighted by atomic mass is 35.5. The molecule has 1 N–H and O–H groups in total. The third-order valence-electron chi connectivity index (χ3n) is 3.62. The van der Waals surface area contributed by atoms with Crippen LogP contribution in [0.5, 0.6) is 0 Å². The Morgan fingerprint density at radius 3 is 2.33 bits per heavy atom. The third kappa shape index (κ3) is 6.71. The second kappa shape index (κ2) is 9.68. The van der Waals surface area contributed by atoms with Crippen LogP contribution in [0.25, 0.3) is 0 Å². The molecule has 0 atom stereocenters. The van der Waals surface area contributed by atoms with Crippen LogP contribution in [0.1, 0.15) is 15.9 Å². The van der Waals surface area contributed by atoms with Crippen LogP contribution in [0.2, 0.25) is 5.02 Å². The number of hydrogen-bond acceptors (Lipinski definition) is 4. The van der Waals surface area contributed by atoms with Crippen molar-refractivity contribution in [2.75, 3.05) is 20.2 Å². The van der Waals surface area contributed by atoms with Gasteiger partial charge < -0.3 is 15.0 Å². The molecule has 0 aliphatic rings. The van der Waals surface area contributed by atoms with Gasteiger partial charge in [0.25, 0.3) is 11.8 Å². The lowest BCUT2D eigenvalue weighted by atomic mass is 10.2. The molecular formula is C19H18ClFN2O4. The van der Waals surface area contributed by atoms with Crippen LogP contribution in [-0.2, 0) is 20.9 Å². The van der Waals surface area contributed by atoms with E-state index in [0.29, 0.717) is 10.6 Å². The van der Waals surface area contributed by atoms with Crippen LogP contribution >= 0.6 is 11.6 Å². The molecule has 0 fully saturated rings. The van der Waals surface area contributed by atoms with Crippen LogP contribution < -0.4 is 5.32 Å². The minimum absolute atomic E-state index is 0.254. The minimum atomic E-state index is -0.735. The summed E-state index contributed by atoms with van der Waals surface area (Å²) in [4.78, 5) is 36.9. The van der Waals surface area contributed by atoms with Gasteiger partial charge in [-0.15, -0.1) is 0 Å². The second-order valence-electron chi connectivity index (χ2n) is 5.73. The van der Waals surface area contributed by atoms with Crippen molar-refractivity contribution in [3.8, 4) is 0 Å². The first kappa shape index (κ1) is 20.4. The number of nitrogens with zero attached hydrogens (tertiary/aromatic N) is 1. The molecule has 2 amide bonds. The zero-order valence-corrected chi connectivity index (χ0v) is 15.3. The van der Waals surface area contributed by atoms with E-state index in [9.17, 15) is 18.8 Å². The highest BCUT2D eigenvalue weighted by molar-refractivity contribution is 6.30. The summed E-state index contributed by atoms with van der Waals surface area (Å²) < 4.78 is 17.7. The molecule has 0 saturated carbocycles. The van der Waals surface area contributed by atoms with E-state index in [0.717, 1.165) is 5.56 Å². The van der Waals surface area contributed by atoms with Crippen LogP contribution in [-0.4, -0.2) is 42.9 Å². The van der Waals surface area contributed by atoms with Gasteiger partial charge in [0, 0.05) is 24.2 Å². The molecule has 0 bridgehead atoms. The van der Waals surface area contributed by atoms with Crippen molar-refractivity contribution < 1.29 is 23.5 Å². The first-order chi connectivity index (χ1) is 12.8. The molecule has 142 valence electrons. The van der Waals surface area contributed by atoms with Gasteiger partial charge in [0.15, 0.2) is 6.61 Å². The average Bonchev–Trinajstić information content (AvgIpc) is 2.66. The predicted octanol–water partition coefficient (Wildman–Crippen LogP) is 2.41. The summed E-state index contributed by atoms with van der Waals surface area (Å²) >= 11 is 5.74. The Labute approximate surface area is 160 Å². The van der Waals surface area contributed by atoms with Gasteiger partial charge in [0.1, 0.15) is 12.4 Å². The van der Waals surface area contributed by atoms with E-state index in [1.807, 2.05) is 0 Å². The third-order valence-corrected chi connectivity index (χ3v) is 3.87. The Bertz CT molecular complexity index is 809. The highest BCUT2D eigenvalue weighted by Gasteiger charge is 2.14. The average molecular weight is 393 g/mol. The topological polar surface area (TPSA) is 75.7 Å². The number of amides is 2. The molecule has 2 aromatic carbocycles. The molecule has 2 aromatic rings. The summed E-state index contributed by atoms with van der Waals surface area (Å²) in [6.07, 6.45) is 0. The molecule has 0 spiro atoms. The number of carbonyl (C=O) groups is 3. The van der Waals surface area contributed by atoms with Gasteiger partial charge in [-0.2, -0.15) is 0 Å². The van der Waals surface area contributed by atoms with Crippen LogP contribution in [0.4, 0.5) is 4.39 Å². The molecule has 0 saturated heterocycles. The second-order valence-corrected chi connectivity index (χ2v) is 6.16. The van der Waals surface area contributed by atoms with E-state index in [2.05, 4.69) is 5.32 Å². The summed E-state index contributed by atoms with van der Waals surface area (Å²) in [5.41, 5.74) is 1.09. The standard InChI is InChI=1S/C19H18ClFN2O4/c1-23(11-13-2-8-16(21)9-3-13)17(24)12-27-18(25)10-22-19(26)14-4-6-15(20)7-5-14/h2-9H,10-12H2,1H3,(H,22,26). The van der Waals surface area contributed by atoms with Gasteiger partial charge in [-0.3, -0.25) is 14.4 Å². The van der Waals surface area contributed by atoms with Crippen molar-refractivity contribution in [3.63, 3.8) is 0 Å². The van der Waals surface area contributed by atoms with Gasteiger partial charge >= 0.3 is 5.97 Å². The van der Waals surface area contributed by atoms with Crippen LogP contribution in [0.15, 0.2) is 48.5 Å². The van der Waals surface area contributed by atoms with Crippen LogP contribution in [0.3, 0.4) is 0 Å². The maximum Gasteiger partial charge on any atom is 0.325 e. The molecule has 0 unspecified atom stereocenters. The van der Waals surface area contributed by atoms with Gasteiger partial charge in [-0.25, -0.2) is 4.39 Å². The Morgan fingerprint density at radius 2 is 1.70 bits per heavy atom. The molecule has 0 aliphatic heterocycles. The lowest BCUT2D eigenvalue weighted by Crippen LogP contribution is -2.34. The number of carbonyl (C=O) groups excluding carboxylic acids is 3. The van der Waals surface area contributed by atoms with E-state index in [1.165, 1.54) is 29.2 Å². The van der Waals surface area contributed by atoms with E-state index in [-0.39, 0.29) is 18.9 Å². The number of nitrogens with one attached hydrogen (secondary N) is 1. The molecule has 0 heterocycles. The summed E-state index contributed by atoms with van der Waals surface area (Å²) in [5.74, 6) is -1.97. The number of benzene rings is 2. The Morgan fingerprint density at radius 1 is 1.07 bits per heavy atom. The Balaban J connectivity index is 1.72. The Hall–Kier alpha value is -2.93. The van der Waals surface area contributed by atoms with Crippen molar-refractivity contribution in [1.29, 1.82) is 0 Å². The summed E-state index contributed by atoms with van der Waals surface area (Å²) in [5, 5.41) is 2.89. The van der Waals surface area contributed by atoms with Gasteiger partial charge in [-0.1, -0.05) is 23.7 Å². The number of hydrogen-bond donors (Lipinski definition) is 1.